The maximum Gasteiger partial charge on any atom is 0.183 e. The number of nitrogens with zero attached hydrogens (tertiary/aromatic N) is 5. The molecule has 0 saturated carbocycles. The van der Waals surface area contributed by atoms with Crippen LogP contribution in [-0.2, 0) is 0 Å². The van der Waals surface area contributed by atoms with Crippen molar-refractivity contribution >= 4 is 0 Å². The quantitative estimate of drug-likeness (QED) is 0.746. The minimum absolute atomic E-state index is 0.548. The van der Waals surface area contributed by atoms with Crippen LogP contribution < -0.4 is 0 Å². The van der Waals surface area contributed by atoms with E-state index in [9.17, 15) is 0 Å². The molecule has 6 nitrogen and oxygen atoms in total. The van der Waals surface area contributed by atoms with Gasteiger partial charge in [-0.1, -0.05) is 12.1 Å². The number of hydrogen-bond acceptors (Lipinski definition) is 5. The Morgan fingerprint density at radius 1 is 1.11 bits per heavy atom. The molecule has 19 heavy (non-hydrogen) atoms. The van der Waals surface area contributed by atoms with E-state index in [0.717, 1.165) is 11.1 Å². The number of hydrogen-bond donors (Lipinski definition) is 1. The summed E-state index contributed by atoms with van der Waals surface area (Å²) < 4.78 is 0. The number of nitriles is 1. The van der Waals surface area contributed by atoms with Crippen LogP contribution in [0.2, 0.25) is 0 Å². The van der Waals surface area contributed by atoms with E-state index >= 15 is 0 Å². The highest BCUT2D eigenvalue weighted by atomic mass is 15.2. The van der Waals surface area contributed by atoms with Crippen LogP contribution in [0, 0.1) is 11.3 Å². The van der Waals surface area contributed by atoms with Gasteiger partial charge in [-0.25, -0.2) is 4.98 Å². The Labute approximate surface area is 108 Å². The molecular formula is C13H8N6. The van der Waals surface area contributed by atoms with Crippen molar-refractivity contribution in [1.82, 2.24) is 25.4 Å². The largest absolute Gasteiger partial charge is 0.259 e. The summed E-state index contributed by atoms with van der Waals surface area (Å²) in [6.45, 7) is 0. The molecule has 0 aliphatic heterocycles. The monoisotopic (exact) mass is 248 g/mol. The predicted octanol–water partition coefficient (Wildman–Crippen LogP) is 1.80. The van der Waals surface area contributed by atoms with Crippen LogP contribution in [0.15, 0.2) is 42.7 Å². The second kappa shape index (κ2) is 4.66. The zero-order valence-corrected chi connectivity index (χ0v) is 9.78. The summed E-state index contributed by atoms with van der Waals surface area (Å²) >= 11 is 0. The fourth-order valence-electron chi connectivity index (χ4n) is 1.68. The van der Waals surface area contributed by atoms with E-state index in [4.69, 9.17) is 5.26 Å². The lowest BCUT2D eigenvalue weighted by Gasteiger charge is -1.95. The number of nitrogens with one attached hydrogen (secondary N) is 1. The number of benzene rings is 1. The van der Waals surface area contributed by atoms with Gasteiger partial charge in [-0.2, -0.15) is 20.6 Å². The van der Waals surface area contributed by atoms with E-state index in [0.29, 0.717) is 17.2 Å². The Morgan fingerprint density at radius 2 is 2.05 bits per heavy atom. The van der Waals surface area contributed by atoms with Crippen LogP contribution in [0.5, 0.6) is 0 Å². The van der Waals surface area contributed by atoms with Crippen molar-refractivity contribution in [2.24, 2.45) is 0 Å². The van der Waals surface area contributed by atoms with Crippen LogP contribution in [0.1, 0.15) is 5.56 Å². The first-order valence-corrected chi connectivity index (χ1v) is 5.57. The van der Waals surface area contributed by atoms with Gasteiger partial charge >= 0.3 is 0 Å². The highest BCUT2D eigenvalue weighted by Crippen LogP contribution is 2.19. The van der Waals surface area contributed by atoms with Crippen molar-refractivity contribution in [1.29, 1.82) is 5.26 Å². The van der Waals surface area contributed by atoms with E-state index in [1.807, 2.05) is 12.1 Å². The molecule has 3 aromatic rings. The van der Waals surface area contributed by atoms with Gasteiger partial charge in [-0.3, -0.25) is 5.10 Å². The average molecular weight is 248 g/mol. The van der Waals surface area contributed by atoms with Crippen molar-refractivity contribution in [3.8, 4) is 28.8 Å². The third kappa shape index (κ3) is 2.17. The molecule has 3 rings (SSSR count). The van der Waals surface area contributed by atoms with Crippen molar-refractivity contribution in [2.75, 3.05) is 0 Å². The lowest BCUT2D eigenvalue weighted by molar-refractivity contribution is 1.02. The molecule has 1 aromatic carbocycles. The summed E-state index contributed by atoms with van der Waals surface area (Å²) in [6.07, 6.45) is 3.18. The van der Waals surface area contributed by atoms with Crippen molar-refractivity contribution in [3.63, 3.8) is 0 Å². The van der Waals surface area contributed by atoms with Crippen LogP contribution in [-0.4, -0.2) is 25.4 Å². The molecule has 0 aliphatic carbocycles. The topological polar surface area (TPSA) is 91.1 Å². The van der Waals surface area contributed by atoms with Crippen LogP contribution in [0.3, 0.4) is 0 Å². The number of aromatic amines is 1. The van der Waals surface area contributed by atoms with Crippen LogP contribution in [0.4, 0.5) is 0 Å². The fraction of sp³-hybridized carbons (Fsp3) is 0. The molecule has 0 radical (unpaired) electrons. The Bertz CT molecular complexity index is 741. The Balaban J connectivity index is 2.00. The van der Waals surface area contributed by atoms with Crippen molar-refractivity contribution < 1.29 is 0 Å². The summed E-state index contributed by atoms with van der Waals surface area (Å²) in [7, 11) is 0. The second-order valence-electron chi connectivity index (χ2n) is 3.83. The molecule has 0 unspecified atom stereocenters. The highest BCUT2D eigenvalue weighted by Gasteiger charge is 2.08. The maximum absolute atomic E-state index is 8.88. The highest BCUT2D eigenvalue weighted by molar-refractivity contribution is 5.61. The second-order valence-corrected chi connectivity index (χ2v) is 3.83. The zero-order chi connectivity index (χ0) is 13.1. The van der Waals surface area contributed by atoms with Gasteiger partial charge < -0.3 is 0 Å². The third-order valence-electron chi connectivity index (χ3n) is 2.59. The van der Waals surface area contributed by atoms with Crippen molar-refractivity contribution in [2.45, 2.75) is 0 Å². The molecule has 0 aliphatic rings. The van der Waals surface area contributed by atoms with Gasteiger partial charge in [0.15, 0.2) is 11.6 Å². The lowest BCUT2D eigenvalue weighted by atomic mass is 10.1. The first-order valence-electron chi connectivity index (χ1n) is 5.57. The summed E-state index contributed by atoms with van der Waals surface area (Å²) in [5, 5.41) is 23.4. The zero-order valence-electron chi connectivity index (χ0n) is 9.78. The first-order chi connectivity index (χ1) is 9.36. The summed E-state index contributed by atoms with van der Waals surface area (Å²) in [5.41, 5.74) is 2.19. The SMILES string of the molecule is N#Cc1cccc(-c2nc(-c3ccnnc3)n[nH]2)c1. The van der Waals surface area contributed by atoms with E-state index in [-0.39, 0.29) is 0 Å². The smallest absolute Gasteiger partial charge is 0.183 e. The molecule has 2 aromatic heterocycles. The molecule has 0 amide bonds. The predicted molar refractivity (Wildman–Crippen MR) is 67.6 cm³/mol. The Morgan fingerprint density at radius 3 is 2.84 bits per heavy atom. The van der Waals surface area contributed by atoms with Crippen LogP contribution >= 0.6 is 0 Å². The number of aromatic nitrogens is 5. The molecule has 0 fully saturated rings. The van der Waals surface area contributed by atoms with E-state index < -0.39 is 0 Å². The summed E-state index contributed by atoms with van der Waals surface area (Å²) in [5.74, 6) is 1.16. The molecule has 90 valence electrons. The molecule has 1 N–H and O–H groups in total. The van der Waals surface area contributed by atoms with Gasteiger partial charge in [0.05, 0.1) is 24.0 Å². The molecular weight excluding hydrogens is 240 g/mol. The minimum atomic E-state index is 0.548. The molecule has 6 heteroatoms. The lowest BCUT2D eigenvalue weighted by Crippen LogP contribution is -1.84. The van der Waals surface area contributed by atoms with Crippen molar-refractivity contribution in [3.05, 3.63) is 48.3 Å². The van der Waals surface area contributed by atoms with Crippen LogP contribution in [0.25, 0.3) is 22.8 Å². The number of rotatable bonds is 2. The van der Waals surface area contributed by atoms with Gasteiger partial charge in [-0.05, 0) is 18.2 Å². The van der Waals surface area contributed by atoms with Gasteiger partial charge in [0.1, 0.15) is 0 Å². The molecule has 0 bridgehead atoms. The number of H-pyrrole nitrogens is 1. The van der Waals surface area contributed by atoms with E-state index in [1.165, 1.54) is 0 Å². The minimum Gasteiger partial charge on any atom is -0.259 e. The molecule has 2 heterocycles. The summed E-state index contributed by atoms with van der Waals surface area (Å²) in [4.78, 5) is 4.38. The normalized spacial score (nSPS) is 10.1. The van der Waals surface area contributed by atoms with E-state index in [1.54, 1.807) is 30.6 Å². The van der Waals surface area contributed by atoms with Gasteiger partial charge in [-0.15, -0.1) is 0 Å². The van der Waals surface area contributed by atoms with Gasteiger partial charge in [0.2, 0.25) is 0 Å². The average Bonchev–Trinajstić information content (AvgIpc) is 2.98. The maximum atomic E-state index is 8.88. The first kappa shape index (κ1) is 11.0. The Kier molecular flexibility index (Phi) is 2.71. The van der Waals surface area contributed by atoms with Gasteiger partial charge in [0, 0.05) is 11.1 Å². The third-order valence-corrected chi connectivity index (χ3v) is 2.59. The van der Waals surface area contributed by atoms with E-state index in [2.05, 4.69) is 31.4 Å². The summed E-state index contributed by atoms with van der Waals surface area (Å²) in [6, 6.07) is 11.1. The fourth-order valence-corrected chi connectivity index (χ4v) is 1.68. The molecule has 0 saturated heterocycles. The molecule has 0 spiro atoms. The standard InChI is InChI=1S/C13H8N6/c14-7-9-2-1-3-10(6-9)12-17-13(19-18-12)11-4-5-15-16-8-11/h1-6,8H,(H,17,18,19). The van der Waals surface area contributed by atoms with Gasteiger partial charge in [0.25, 0.3) is 0 Å². The molecule has 0 atom stereocenters. The Hall–Kier alpha value is -3.07.